The van der Waals surface area contributed by atoms with Gasteiger partial charge >= 0.3 is 0 Å². The number of rotatable bonds is 40. The van der Waals surface area contributed by atoms with Crippen molar-refractivity contribution < 1.29 is 19.9 Å². The van der Waals surface area contributed by atoms with E-state index in [1.165, 1.54) is 198 Å². The lowest BCUT2D eigenvalue weighted by molar-refractivity contribution is -0.375. The molecule has 0 aromatic carbocycles. The molecule has 2 atom stereocenters. The third-order valence-electron chi connectivity index (χ3n) is 9.44. The van der Waals surface area contributed by atoms with Gasteiger partial charge in [-0.05, 0) is 19.8 Å². The topological polar surface area (TPSA) is 62.2 Å². The third kappa shape index (κ3) is 38.2. The number of aliphatic hydroxyl groups is 2. The van der Waals surface area contributed by atoms with Crippen molar-refractivity contribution in [1.82, 2.24) is 5.23 Å². The maximum absolute atomic E-state index is 10.3. The van der Waals surface area contributed by atoms with E-state index in [1.807, 2.05) is 0 Å². The van der Waals surface area contributed by atoms with E-state index in [-0.39, 0.29) is 6.54 Å². The van der Waals surface area contributed by atoms with Crippen LogP contribution in [-0.2, 0) is 9.68 Å². The van der Waals surface area contributed by atoms with E-state index >= 15 is 0 Å². The number of hydrogen-bond donors (Lipinski definition) is 2. The average Bonchev–Trinajstić information content (AvgIpc) is 3.03. The second-order valence-corrected chi connectivity index (χ2v) is 14.5. The molecule has 5 nitrogen and oxygen atoms in total. The van der Waals surface area contributed by atoms with Crippen molar-refractivity contribution in [3.8, 4) is 0 Å². The van der Waals surface area contributed by atoms with Gasteiger partial charge in [0.25, 0.3) is 0 Å². The molecule has 0 rings (SSSR count). The fourth-order valence-electron chi connectivity index (χ4n) is 6.42. The van der Waals surface area contributed by atoms with Gasteiger partial charge in [-0.2, -0.15) is 0 Å². The van der Waals surface area contributed by atoms with E-state index in [0.717, 1.165) is 12.8 Å². The van der Waals surface area contributed by atoms with Crippen LogP contribution in [0.2, 0.25) is 0 Å². The molecule has 46 heavy (non-hydrogen) atoms. The van der Waals surface area contributed by atoms with E-state index in [9.17, 15) is 10.2 Å². The van der Waals surface area contributed by atoms with Crippen LogP contribution in [0, 0.1) is 0 Å². The Kier molecular flexibility index (Phi) is 39.1. The van der Waals surface area contributed by atoms with Crippen molar-refractivity contribution in [3.63, 3.8) is 0 Å². The SMILES string of the molecule is CCCCCCCCCCCCCCCCCCON(CC(O)CC(C)O)OCCCCCCCCCCCCCCCCCC. The maximum atomic E-state index is 10.3. The van der Waals surface area contributed by atoms with Crippen molar-refractivity contribution in [3.05, 3.63) is 0 Å². The molecular weight excluding hydrogens is 570 g/mol. The zero-order valence-corrected chi connectivity index (χ0v) is 31.8. The van der Waals surface area contributed by atoms with E-state index in [4.69, 9.17) is 9.68 Å². The molecule has 0 aromatic heterocycles. The molecule has 5 heteroatoms. The van der Waals surface area contributed by atoms with Crippen LogP contribution in [0.3, 0.4) is 0 Å². The predicted octanol–water partition coefficient (Wildman–Crippen LogP) is 12.8. The average molecular weight is 656 g/mol. The minimum Gasteiger partial charge on any atom is -0.393 e. The Balaban J connectivity index is 3.71. The first-order valence-electron chi connectivity index (χ1n) is 21.0. The summed E-state index contributed by atoms with van der Waals surface area (Å²) >= 11 is 0. The first kappa shape index (κ1) is 45.8. The molecule has 0 amide bonds. The normalized spacial score (nSPS) is 13.2. The van der Waals surface area contributed by atoms with Crippen molar-refractivity contribution in [2.24, 2.45) is 0 Å². The van der Waals surface area contributed by atoms with Crippen molar-refractivity contribution in [2.45, 2.75) is 245 Å². The zero-order chi connectivity index (χ0) is 33.6. The first-order valence-corrected chi connectivity index (χ1v) is 21.0. The quantitative estimate of drug-likeness (QED) is 0.0508. The Labute approximate surface area is 289 Å². The minimum atomic E-state index is -0.656. The number of unbranched alkanes of at least 4 members (excludes halogenated alkanes) is 30. The summed E-state index contributed by atoms with van der Waals surface area (Å²) in [5.41, 5.74) is 0. The standard InChI is InChI=1S/C41H85NO4/c1-4-6-8-10-12-14-16-18-20-22-24-26-28-30-32-34-36-45-42(39-41(44)38-40(3)43)46-37-35-33-31-29-27-25-23-21-19-17-15-13-11-9-7-5-2/h40-41,43-44H,4-39H2,1-3H3. The largest absolute Gasteiger partial charge is 0.393 e. The summed E-state index contributed by atoms with van der Waals surface area (Å²) in [6, 6.07) is 0. The molecule has 0 bridgehead atoms. The van der Waals surface area contributed by atoms with Crippen LogP contribution in [0.1, 0.15) is 233 Å². The van der Waals surface area contributed by atoms with E-state index in [1.54, 1.807) is 6.92 Å². The second kappa shape index (κ2) is 39.2. The van der Waals surface area contributed by atoms with Gasteiger partial charge in [0, 0.05) is 6.42 Å². The van der Waals surface area contributed by atoms with Gasteiger partial charge in [0.2, 0.25) is 0 Å². The van der Waals surface area contributed by atoms with Crippen molar-refractivity contribution >= 4 is 0 Å². The summed E-state index contributed by atoms with van der Waals surface area (Å²) in [5, 5.41) is 21.4. The molecule has 2 unspecified atom stereocenters. The molecule has 2 N–H and O–H groups in total. The Morgan fingerprint density at radius 3 is 0.870 bits per heavy atom. The summed E-state index contributed by atoms with van der Waals surface area (Å²) < 4.78 is 0. The first-order chi connectivity index (χ1) is 22.6. The summed E-state index contributed by atoms with van der Waals surface area (Å²) in [7, 11) is 0. The van der Waals surface area contributed by atoms with Crippen LogP contribution in [0.4, 0.5) is 0 Å². The molecule has 0 aliphatic heterocycles. The molecule has 0 aliphatic rings. The van der Waals surface area contributed by atoms with Gasteiger partial charge in [-0.3, -0.25) is 9.68 Å². The van der Waals surface area contributed by atoms with Gasteiger partial charge in [-0.25, -0.2) is 0 Å². The Morgan fingerprint density at radius 1 is 0.391 bits per heavy atom. The van der Waals surface area contributed by atoms with Crippen molar-refractivity contribution in [1.29, 1.82) is 0 Å². The highest BCUT2D eigenvalue weighted by molar-refractivity contribution is 4.60. The second-order valence-electron chi connectivity index (χ2n) is 14.5. The number of hydrogen-bond acceptors (Lipinski definition) is 5. The van der Waals surface area contributed by atoms with Crippen LogP contribution in [0.25, 0.3) is 0 Å². The molecule has 0 saturated carbocycles. The highest BCUT2D eigenvalue weighted by Gasteiger charge is 2.15. The number of hydroxylamine groups is 2. The molecule has 0 radical (unpaired) electrons. The summed E-state index contributed by atoms with van der Waals surface area (Å²) in [5.74, 6) is 0. The minimum absolute atomic E-state index is 0.280. The fourth-order valence-corrected chi connectivity index (χ4v) is 6.42. The monoisotopic (exact) mass is 656 g/mol. The van der Waals surface area contributed by atoms with Gasteiger partial charge in [0.15, 0.2) is 0 Å². The van der Waals surface area contributed by atoms with Crippen LogP contribution < -0.4 is 0 Å². The lowest BCUT2D eigenvalue weighted by atomic mass is 10.0. The third-order valence-corrected chi connectivity index (χ3v) is 9.44. The van der Waals surface area contributed by atoms with Crippen LogP contribution in [-0.4, -0.2) is 47.4 Å². The molecule has 0 aromatic rings. The van der Waals surface area contributed by atoms with Crippen molar-refractivity contribution in [2.75, 3.05) is 19.8 Å². The Bertz CT molecular complexity index is 509. The highest BCUT2D eigenvalue weighted by Crippen LogP contribution is 2.16. The van der Waals surface area contributed by atoms with Crippen LogP contribution in [0.5, 0.6) is 0 Å². The van der Waals surface area contributed by atoms with Crippen LogP contribution >= 0.6 is 0 Å². The molecule has 0 spiro atoms. The highest BCUT2D eigenvalue weighted by atomic mass is 16.9. The molecule has 0 heterocycles. The van der Waals surface area contributed by atoms with Gasteiger partial charge in [0.05, 0.1) is 32.0 Å². The van der Waals surface area contributed by atoms with Gasteiger partial charge < -0.3 is 10.2 Å². The molecule has 0 fully saturated rings. The Morgan fingerprint density at radius 2 is 0.630 bits per heavy atom. The number of nitrogens with zero attached hydrogens (tertiary/aromatic N) is 1. The van der Waals surface area contributed by atoms with Gasteiger partial charge in [0.1, 0.15) is 0 Å². The Hall–Kier alpha value is -0.200. The molecule has 0 aliphatic carbocycles. The van der Waals surface area contributed by atoms with Crippen LogP contribution in [0.15, 0.2) is 0 Å². The maximum Gasteiger partial charge on any atom is 0.0778 e. The lowest BCUT2D eigenvalue weighted by Crippen LogP contribution is -2.35. The number of aliphatic hydroxyl groups excluding tert-OH is 2. The fraction of sp³-hybridized carbons (Fsp3) is 1.00. The predicted molar refractivity (Wildman–Crippen MR) is 200 cm³/mol. The summed E-state index contributed by atoms with van der Waals surface area (Å²) in [6.07, 6.45) is 42.6. The molecule has 0 saturated heterocycles. The summed E-state index contributed by atoms with van der Waals surface area (Å²) in [4.78, 5) is 11.8. The van der Waals surface area contributed by atoms with Gasteiger partial charge in [-0.1, -0.05) is 212 Å². The van der Waals surface area contributed by atoms with E-state index in [0.29, 0.717) is 19.6 Å². The molecule has 278 valence electrons. The van der Waals surface area contributed by atoms with E-state index in [2.05, 4.69) is 13.8 Å². The molecular formula is C41H85NO4. The van der Waals surface area contributed by atoms with E-state index < -0.39 is 12.2 Å². The smallest absolute Gasteiger partial charge is 0.0778 e. The zero-order valence-electron chi connectivity index (χ0n) is 31.8. The van der Waals surface area contributed by atoms with Gasteiger partial charge in [-0.15, -0.1) is 0 Å². The lowest BCUT2D eigenvalue weighted by Gasteiger charge is -2.24. The summed E-state index contributed by atoms with van der Waals surface area (Å²) in [6.45, 7) is 7.82.